The first-order chi connectivity index (χ1) is 14.2. The zero-order chi connectivity index (χ0) is 22.3. The van der Waals surface area contributed by atoms with Crippen molar-refractivity contribution in [2.24, 2.45) is 0 Å². The van der Waals surface area contributed by atoms with Crippen LogP contribution in [0.5, 0.6) is 0 Å². The van der Waals surface area contributed by atoms with Gasteiger partial charge in [0.05, 0.1) is 13.5 Å². The Morgan fingerprint density at radius 2 is 1.63 bits per heavy atom. The number of halogens is 2. The number of rotatable bonds is 8. The lowest BCUT2D eigenvalue weighted by atomic mass is 10.1. The summed E-state index contributed by atoms with van der Waals surface area (Å²) >= 11 is 0. The van der Waals surface area contributed by atoms with E-state index in [1.807, 2.05) is 0 Å². The molecule has 0 radical (unpaired) electrons. The second kappa shape index (κ2) is 10.4. The molecule has 2 N–H and O–H groups in total. The number of amides is 3. The average molecular weight is 419 g/mol. The van der Waals surface area contributed by atoms with Crippen LogP contribution in [0.15, 0.2) is 48.5 Å². The Morgan fingerprint density at radius 1 is 1.03 bits per heavy atom. The number of carbonyl (C=O) groups excluding carboxylic acids is 3. The van der Waals surface area contributed by atoms with Crippen molar-refractivity contribution in [3.05, 3.63) is 71.3 Å². The molecule has 30 heavy (non-hydrogen) atoms. The first kappa shape index (κ1) is 23.0. The van der Waals surface area contributed by atoms with E-state index in [9.17, 15) is 23.2 Å². The highest BCUT2D eigenvalue weighted by Crippen LogP contribution is 2.16. The van der Waals surface area contributed by atoms with Gasteiger partial charge in [0.15, 0.2) is 0 Å². The molecule has 9 heteroatoms. The number of likely N-dealkylation sites (N-methyl/N-ethyl adjacent to an activating group) is 1. The van der Waals surface area contributed by atoms with E-state index in [1.165, 1.54) is 21.1 Å². The van der Waals surface area contributed by atoms with Crippen LogP contribution in [-0.4, -0.2) is 43.0 Å². The third-order valence-electron chi connectivity index (χ3n) is 4.31. The predicted molar refractivity (Wildman–Crippen MR) is 105 cm³/mol. The van der Waals surface area contributed by atoms with Crippen LogP contribution in [0.3, 0.4) is 0 Å². The van der Waals surface area contributed by atoms with Gasteiger partial charge < -0.3 is 10.6 Å². The van der Waals surface area contributed by atoms with Gasteiger partial charge in [-0.15, -0.1) is 0 Å². The summed E-state index contributed by atoms with van der Waals surface area (Å²) in [6, 6.07) is 9.32. The molecule has 0 aliphatic rings. The van der Waals surface area contributed by atoms with Gasteiger partial charge >= 0.3 is 0 Å². The topological polar surface area (TPSA) is 87.7 Å². The fourth-order valence-corrected chi connectivity index (χ4v) is 2.73. The van der Waals surface area contributed by atoms with Crippen LogP contribution in [0.4, 0.5) is 8.78 Å². The second-order valence-electron chi connectivity index (χ2n) is 6.61. The Hall–Kier alpha value is -3.33. The van der Waals surface area contributed by atoms with Crippen molar-refractivity contribution in [3.8, 4) is 0 Å². The molecule has 0 saturated heterocycles. The van der Waals surface area contributed by atoms with E-state index in [0.29, 0.717) is 11.6 Å². The molecule has 160 valence electrons. The Balaban J connectivity index is 2.05. The van der Waals surface area contributed by atoms with E-state index in [-0.39, 0.29) is 12.0 Å². The molecule has 0 bridgehead atoms. The zero-order valence-corrected chi connectivity index (χ0v) is 16.8. The summed E-state index contributed by atoms with van der Waals surface area (Å²) in [5, 5.41) is 6.03. The van der Waals surface area contributed by atoms with Gasteiger partial charge in [0.1, 0.15) is 23.7 Å². The number of nitrogens with zero attached hydrogens (tertiary/aromatic N) is 1. The van der Waals surface area contributed by atoms with Crippen molar-refractivity contribution in [1.29, 1.82) is 0 Å². The van der Waals surface area contributed by atoms with Gasteiger partial charge in [0.2, 0.25) is 11.8 Å². The number of hydrogen-bond acceptors (Lipinski definition) is 4. The Kier molecular flexibility index (Phi) is 7.99. The summed E-state index contributed by atoms with van der Waals surface area (Å²) in [6.45, 7) is 1.44. The molecule has 0 aliphatic heterocycles. The van der Waals surface area contributed by atoms with Gasteiger partial charge in [0, 0.05) is 13.1 Å². The summed E-state index contributed by atoms with van der Waals surface area (Å²) < 4.78 is 26.5. The monoisotopic (exact) mass is 419 g/mol. The maximum atomic E-state index is 13.3. The van der Waals surface area contributed by atoms with Gasteiger partial charge in [-0.3, -0.25) is 19.2 Å². The molecule has 3 amide bonds. The fraction of sp³-hybridized carbons (Fsp3) is 0.286. The molecule has 0 saturated carbocycles. The highest BCUT2D eigenvalue weighted by atomic mass is 19.1. The molecule has 0 spiro atoms. The maximum absolute atomic E-state index is 13.3. The minimum atomic E-state index is -1.03. The highest BCUT2D eigenvalue weighted by Gasteiger charge is 2.28. The van der Waals surface area contributed by atoms with Crippen LogP contribution >= 0.6 is 0 Å². The Labute approximate surface area is 173 Å². The molecule has 1 unspecified atom stereocenters. The lowest BCUT2D eigenvalue weighted by Crippen LogP contribution is -2.49. The van der Waals surface area contributed by atoms with Crippen molar-refractivity contribution in [3.63, 3.8) is 0 Å². The molecule has 2 aromatic carbocycles. The van der Waals surface area contributed by atoms with E-state index in [1.54, 1.807) is 30.3 Å². The normalized spacial score (nSPS) is 12.6. The van der Waals surface area contributed by atoms with Crippen LogP contribution in [0.25, 0.3) is 0 Å². The number of benzene rings is 2. The minimum absolute atomic E-state index is 0.136. The average Bonchev–Trinajstić information content (AvgIpc) is 2.70. The third kappa shape index (κ3) is 6.35. The quantitative estimate of drug-likeness (QED) is 0.640. The highest BCUT2D eigenvalue weighted by molar-refractivity contribution is 5.92. The van der Waals surface area contributed by atoms with E-state index in [4.69, 9.17) is 4.84 Å². The number of hydrogen-bond donors (Lipinski definition) is 2. The van der Waals surface area contributed by atoms with Gasteiger partial charge in [-0.2, -0.15) is 0 Å². The molecule has 2 atom stereocenters. The van der Waals surface area contributed by atoms with E-state index in [0.717, 1.165) is 17.2 Å². The summed E-state index contributed by atoms with van der Waals surface area (Å²) in [4.78, 5) is 42.2. The van der Waals surface area contributed by atoms with Crippen molar-refractivity contribution < 1.29 is 28.0 Å². The van der Waals surface area contributed by atoms with E-state index < -0.39 is 41.4 Å². The number of hydroxylamine groups is 2. The van der Waals surface area contributed by atoms with Crippen LogP contribution in [-0.2, 0) is 25.6 Å². The lowest BCUT2D eigenvalue weighted by Gasteiger charge is -2.24. The first-order valence-corrected chi connectivity index (χ1v) is 9.12. The number of carbonyl (C=O) groups is 3. The molecular weight excluding hydrogens is 396 g/mol. The minimum Gasteiger partial charge on any atom is -0.344 e. The molecule has 2 rings (SSSR count). The van der Waals surface area contributed by atoms with Crippen molar-refractivity contribution >= 4 is 17.7 Å². The summed E-state index contributed by atoms with van der Waals surface area (Å²) in [5.74, 6) is -3.31. The standard InChI is InChI=1S/C21H23F2N3O4/c1-13(24-18(27)11-14-9-16(22)12-17(23)10-14)20(28)25-19(21(29)26(2)30-3)15-7-5-4-6-8-15/h4-10,12-13,19H,11H2,1-3H3,(H,24,27)(H,25,28)/t13-,19?/m0/s1. The predicted octanol–water partition coefficient (Wildman–Crippen LogP) is 1.89. The van der Waals surface area contributed by atoms with Crippen molar-refractivity contribution in [2.75, 3.05) is 14.2 Å². The Bertz CT molecular complexity index is 888. The first-order valence-electron chi connectivity index (χ1n) is 9.12. The van der Waals surface area contributed by atoms with Crippen LogP contribution in [0.1, 0.15) is 24.1 Å². The van der Waals surface area contributed by atoms with Crippen molar-refractivity contribution in [1.82, 2.24) is 15.7 Å². The summed E-state index contributed by atoms with van der Waals surface area (Å²) in [6.07, 6.45) is -0.306. The van der Waals surface area contributed by atoms with E-state index >= 15 is 0 Å². The van der Waals surface area contributed by atoms with Gasteiger partial charge in [0.25, 0.3) is 5.91 Å². The molecule has 0 aliphatic carbocycles. The third-order valence-corrected chi connectivity index (χ3v) is 4.31. The van der Waals surface area contributed by atoms with Crippen molar-refractivity contribution in [2.45, 2.75) is 25.4 Å². The number of nitrogens with one attached hydrogen (secondary N) is 2. The molecule has 2 aromatic rings. The van der Waals surface area contributed by atoms with E-state index in [2.05, 4.69) is 10.6 Å². The largest absolute Gasteiger partial charge is 0.344 e. The second-order valence-corrected chi connectivity index (χ2v) is 6.61. The zero-order valence-electron chi connectivity index (χ0n) is 16.8. The van der Waals surface area contributed by atoms with Crippen LogP contribution in [0, 0.1) is 11.6 Å². The summed E-state index contributed by atoms with van der Waals surface area (Å²) in [7, 11) is 2.73. The maximum Gasteiger partial charge on any atom is 0.273 e. The SMILES string of the molecule is CON(C)C(=O)C(NC(=O)[C@H](C)NC(=O)Cc1cc(F)cc(F)c1)c1ccccc1. The Morgan fingerprint density at radius 3 is 2.20 bits per heavy atom. The lowest BCUT2D eigenvalue weighted by molar-refractivity contribution is -0.172. The molecule has 0 heterocycles. The molecule has 0 fully saturated rings. The van der Waals surface area contributed by atoms with Gasteiger partial charge in [-0.1, -0.05) is 30.3 Å². The summed E-state index contributed by atoms with van der Waals surface area (Å²) in [5.41, 5.74) is 0.671. The molecule has 0 aromatic heterocycles. The van der Waals surface area contributed by atoms with Crippen LogP contribution in [0.2, 0.25) is 0 Å². The molecular formula is C21H23F2N3O4. The van der Waals surface area contributed by atoms with Crippen LogP contribution < -0.4 is 10.6 Å². The van der Waals surface area contributed by atoms with Gasteiger partial charge in [-0.05, 0) is 30.2 Å². The van der Waals surface area contributed by atoms with Gasteiger partial charge in [-0.25, -0.2) is 13.8 Å². The molecule has 7 nitrogen and oxygen atoms in total. The fourth-order valence-electron chi connectivity index (χ4n) is 2.73. The smallest absolute Gasteiger partial charge is 0.273 e.